The van der Waals surface area contributed by atoms with Gasteiger partial charge in [-0.05, 0) is 38.2 Å². The summed E-state index contributed by atoms with van der Waals surface area (Å²) in [6.07, 6.45) is 3.69. The highest BCUT2D eigenvalue weighted by Crippen LogP contribution is 2.22. The Morgan fingerprint density at radius 1 is 0.962 bits per heavy atom. The van der Waals surface area contributed by atoms with Crippen LogP contribution in [0.5, 0.6) is 0 Å². The topological polar surface area (TPSA) is 44.3 Å². The monoisotopic (exact) mass is 397 g/mol. The molecule has 3 rings (SSSR count). The average molecular weight is 398 g/mol. The molecule has 0 radical (unpaired) electrons. The zero-order valence-corrected chi connectivity index (χ0v) is 17.4. The number of aromatic nitrogens is 2. The van der Waals surface area contributed by atoms with Crippen molar-refractivity contribution >= 4 is 30.6 Å². The fraction of sp³-hybridized carbons (Fsp3) is 0.474. The number of rotatable bonds is 5. The highest BCUT2D eigenvalue weighted by Gasteiger charge is 2.17. The summed E-state index contributed by atoms with van der Waals surface area (Å²) in [6, 6.07) is 8.81. The van der Waals surface area contributed by atoms with Crippen molar-refractivity contribution in [1.29, 1.82) is 0 Å². The van der Waals surface area contributed by atoms with Gasteiger partial charge < -0.3 is 15.1 Å². The highest BCUT2D eigenvalue weighted by molar-refractivity contribution is 5.85. The Bertz CT molecular complexity index is 693. The molecule has 0 aliphatic carbocycles. The van der Waals surface area contributed by atoms with Crippen molar-refractivity contribution in [3.8, 4) is 0 Å². The Kier molecular flexibility index (Phi) is 9.30. The van der Waals surface area contributed by atoms with Crippen LogP contribution < -0.4 is 10.2 Å². The van der Waals surface area contributed by atoms with E-state index in [1.807, 2.05) is 0 Å². The van der Waals surface area contributed by atoms with Crippen molar-refractivity contribution in [1.82, 2.24) is 20.2 Å². The van der Waals surface area contributed by atoms with Crippen molar-refractivity contribution in [2.24, 2.45) is 0 Å². The van der Waals surface area contributed by atoms with Gasteiger partial charge >= 0.3 is 0 Å². The van der Waals surface area contributed by atoms with Crippen LogP contribution in [0.2, 0.25) is 0 Å². The summed E-state index contributed by atoms with van der Waals surface area (Å²) < 4.78 is 0. The van der Waals surface area contributed by atoms with E-state index in [1.165, 1.54) is 22.4 Å². The van der Waals surface area contributed by atoms with Crippen LogP contribution in [-0.4, -0.2) is 49.1 Å². The van der Waals surface area contributed by atoms with E-state index in [0.717, 1.165) is 44.8 Å². The van der Waals surface area contributed by atoms with E-state index in [-0.39, 0.29) is 24.8 Å². The Balaban J connectivity index is 0.00000169. The van der Waals surface area contributed by atoms with Gasteiger partial charge in [-0.3, -0.25) is 0 Å². The van der Waals surface area contributed by atoms with Gasteiger partial charge in [0.15, 0.2) is 0 Å². The van der Waals surface area contributed by atoms with E-state index in [0.29, 0.717) is 0 Å². The first-order valence-electron chi connectivity index (χ1n) is 8.60. The second-order valence-corrected chi connectivity index (χ2v) is 6.79. The molecule has 0 unspecified atom stereocenters. The zero-order valence-electron chi connectivity index (χ0n) is 15.7. The molecule has 2 heterocycles. The minimum Gasteiger partial charge on any atom is -0.355 e. The average Bonchev–Trinajstić information content (AvgIpc) is 2.79. The van der Waals surface area contributed by atoms with E-state index < -0.39 is 0 Å². The van der Waals surface area contributed by atoms with Gasteiger partial charge in [-0.2, -0.15) is 0 Å². The van der Waals surface area contributed by atoms with Crippen molar-refractivity contribution in [3.63, 3.8) is 0 Å². The molecule has 1 aromatic carbocycles. The second kappa shape index (κ2) is 10.7. The highest BCUT2D eigenvalue weighted by atomic mass is 35.5. The lowest BCUT2D eigenvalue weighted by Gasteiger charge is -2.22. The van der Waals surface area contributed by atoms with Crippen LogP contribution in [0, 0.1) is 0 Å². The summed E-state index contributed by atoms with van der Waals surface area (Å²) in [5.74, 6) is 1.07. The van der Waals surface area contributed by atoms with Crippen LogP contribution in [0.4, 0.5) is 5.82 Å². The van der Waals surface area contributed by atoms with Gasteiger partial charge in [-0.1, -0.05) is 24.3 Å². The second-order valence-electron chi connectivity index (χ2n) is 6.79. The van der Waals surface area contributed by atoms with E-state index >= 15 is 0 Å². The van der Waals surface area contributed by atoms with Crippen LogP contribution in [0.1, 0.15) is 22.4 Å². The van der Waals surface area contributed by atoms with E-state index in [4.69, 9.17) is 0 Å². The Morgan fingerprint density at radius 2 is 1.65 bits per heavy atom. The lowest BCUT2D eigenvalue weighted by Crippen LogP contribution is -2.21. The summed E-state index contributed by atoms with van der Waals surface area (Å²) in [5.41, 5.74) is 5.15. The predicted molar refractivity (Wildman–Crippen MR) is 113 cm³/mol. The molecule has 1 aliphatic heterocycles. The summed E-state index contributed by atoms with van der Waals surface area (Å²) in [4.78, 5) is 13.5. The number of hydrogen-bond donors (Lipinski definition) is 1. The molecular weight excluding hydrogens is 369 g/mol. The summed E-state index contributed by atoms with van der Waals surface area (Å²) >= 11 is 0. The fourth-order valence-electron chi connectivity index (χ4n) is 3.32. The number of nitrogens with zero attached hydrogens (tertiary/aromatic N) is 4. The molecule has 7 heteroatoms. The molecule has 5 nitrogen and oxygen atoms in total. The maximum absolute atomic E-state index is 4.58. The van der Waals surface area contributed by atoms with Gasteiger partial charge in [-0.15, -0.1) is 24.8 Å². The molecule has 0 fully saturated rings. The molecule has 144 valence electrons. The molecule has 0 atom stereocenters. The standard InChI is InChI=1S/C19H27N5.2ClH/c1-23(2)12-15-5-4-6-16(11-15)13-24(3)19-17-7-9-20-10-8-18(17)21-14-22-19;;/h4-6,11,14,20H,7-10,12-13H2,1-3H3;2*1H. The molecule has 0 saturated carbocycles. The normalized spacial score (nSPS) is 13.2. The SMILES string of the molecule is CN(C)Cc1cccc(CN(C)c2ncnc3c2CCNCC3)c1.Cl.Cl. The smallest absolute Gasteiger partial charge is 0.135 e. The molecule has 2 aromatic rings. The van der Waals surface area contributed by atoms with Gasteiger partial charge in [0.05, 0.1) is 5.69 Å². The molecule has 1 aliphatic rings. The fourth-order valence-corrected chi connectivity index (χ4v) is 3.32. The van der Waals surface area contributed by atoms with E-state index in [1.54, 1.807) is 6.33 Å². The van der Waals surface area contributed by atoms with Crippen LogP contribution in [0.25, 0.3) is 0 Å². The predicted octanol–water partition coefficient (Wildman–Crippen LogP) is 2.71. The van der Waals surface area contributed by atoms with Crippen molar-refractivity contribution in [2.45, 2.75) is 25.9 Å². The minimum absolute atomic E-state index is 0. The van der Waals surface area contributed by atoms with Gasteiger partial charge in [0, 0.05) is 38.7 Å². The zero-order chi connectivity index (χ0) is 16.9. The largest absolute Gasteiger partial charge is 0.355 e. The number of halogens is 2. The molecular formula is C19H29Cl2N5. The van der Waals surface area contributed by atoms with Crippen LogP contribution in [-0.2, 0) is 25.9 Å². The van der Waals surface area contributed by atoms with Crippen LogP contribution in [0.3, 0.4) is 0 Å². The lowest BCUT2D eigenvalue weighted by molar-refractivity contribution is 0.402. The van der Waals surface area contributed by atoms with Crippen LogP contribution in [0.15, 0.2) is 30.6 Å². The van der Waals surface area contributed by atoms with Crippen molar-refractivity contribution in [3.05, 3.63) is 53.0 Å². The third kappa shape index (κ3) is 5.81. The molecule has 0 amide bonds. The van der Waals surface area contributed by atoms with E-state index in [9.17, 15) is 0 Å². The summed E-state index contributed by atoms with van der Waals surface area (Å²) in [6.45, 7) is 3.82. The summed E-state index contributed by atoms with van der Waals surface area (Å²) in [5, 5.41) is 3.44. The quantitative estimate of drug-likeness (QED) is 0.839. The van der Waals surface area contributed by atoms with Gasteiger partial charge in [0.1, 0.15) is 12.1 Å². The summed E-state index contributed by atoms with van der Waals surface area (Å²) in [7, 11) is 6.32. The van der Waals surface area contributed by atoms with Gasteiger partial charge in [-0.25, -0.2) is 9.97 Å². The van der Waals surface area contributed by atoms with Gasteiger partial charge in [0.25, 0.3) is 0 Å². The number of hydrogen-bond acceptors (Lipinski definition) is 5. The molecule has 0 bridgehead atoms. The Hall–Kier alpha value is -1.40. The van der Waals surface area contributed by atoms with Crippen LogP contribution >= 0.6 is 24.8 Å². The third-order valence-electron chi connectivity index (χ3n) is 4.37. The van der Waals surface area contributed by atoms with Crippen molar-refractivity contribution in [2.75, 3.05) is 39.1 Å². The first-order chi connectivity index (χ1) is 11.6. The number of fused-ring (bicyclic) bond motifs is 1. The Morgan fingerprint density at radius 3 is 2.38 bits per heavy atom. The Labute approximate surface area is 169 Å². The van der Waals surface area contributed by atoms with Gasteiger partial charge in [0.2, 0.25) is 0 Å². The number of benzene rings is 1. The first kappa shape index (κ1) is 22.6. The minimum atomic E-state index is 0. The number of nitrogens with one attached hydrogen (secondary N) is 1. The van der Waals surface area contributed by atoms with Crippen molar-refractivity contribution < 1.29 is 0 Å². The molecule has 1 aromatic heterocycles. The third-order valence-corrected chi connectivity index (χ3v) is 4.37. The molecule has 0 spiro atoms. The van der Waals surface area contributed by atoms with E-state index in [2.05, 4.69) is 70.5 Å². The lowest BCUT2D eigenvalue weighted by atomic mass is 10.1. The maximum Gasteiger partial charge on any atom is 0.135 e. The molecule has 26 heavy (non-hydrogen) atoms. The maximum atomic E-state index is 4.58. The molecule has 1 N–H and O–H groups in total. The number of anilines is 1. The molecule has 0 saturated heterocycles. The first-order valence-corrected chi connectivity index (χ1v) is 8.60.